The number of ether oxygens (including phenoxy) is 6. The molecule has 0 saturated heterocycles. The van der Waals surface area contributed by atoms with Crippen LogP contribution in [-0.2, 0) is 12.8 Å². The van der Waals surface area contributed by atoms with Crippen LogP contribution in [0, 0.1) is 5.92 Å². The molecule has 0 fully saturated rings. The lowest BCUT2D eigenvalue weighted by molar-refractivity contribution is 0.322. The Hall–Kier alpha value is -2.76. The van der Waals surface area contributed by atoms with Crippen LogP contribution in [0.25, 0.3) is 11.1 Å². The molecule has 0 atom stereocenters. The van der Waals surface area contributed by atoms with Crippen LogP contribution in [0.4, 0.5) is 0 Å². The lowest BCUT2D eigenvalue weighted by atomic mass is 9.93. The molecule has 0 radical (unpaired) electrons. The highest BCUT2D eigenvalue weighted by molar-refractivity contribution is 5.88. The first-order valence-electron chi connectivity index (χ1n) is 9.18. The standard InChI is InChI=1S/C22H28O6/c1-12-8-13-10-15(23-2)19(25-4)21(27-6)17(13)18-14(9-12)11-16(24-3)20(26-5)22(18)28-7/h10-12H,8-9H2,1-7H3. The Morgan fingerprint density at radius 2 is 0.929 bits per heavy atom. The Balaban J connectivity index is 2.48. The quantitative estimate of drug-likeness (QED) is 0.741. The van der Waals surface area contributed by atoms with Gasteiger partial charge in [0.1, 0.15) is 0 Å². The molecule has 0 aliphatic heterocycles. The van der Waals surface area contributed by atoms with Gasteiger partial charge in [-0.05, 0) is 42.0 Å². The molecule has 0 amide bonds. The molecule has 0 N–H and O–H groups in total. The fourth-order valence-corrected chi connectivity index (χ4v) is 4.11. The summed E-state index contributed by atoms with van der Waals surface area (Å²) in [6.07, 6.45) is 1.74. The van der Waals surface area contributed by atoms with Gasteiger partial charge in [-0.25, -0.2) is 0 Å². The van der Waals surface area contributed by atoms with E-state index in [4.69, 9.17) is 28.4 Å². The molecule has 1 aliphatic rings. The summed E-state index contributed by atoms with van der Waals surface area (Å²) >= 11 is 0. The van der Waals surface area contributed by atoms with Gasteiger partial charge in [0.25, 0.3) is 0 Å². The van der Waals surface area contributed by atoms with Crippen LogP contribution >= 0.6 is 0 Å². The highest BCUT2D eigenvalue weighted by Crippen LogP contribution is 2.55. The van der Waals surface area contributed by atoms with Crippen molar-refractivity contribution in [3.05, 3.63) is 23.3 Å². The van der Waals surface area contributed by atoms with Crippen molar-refractivity contribution < 1.29 is 28.4 Å². The van der Waals surface area contributed by atoms with Gasteiger partial charge in [0.05, 0.1) is 42.7 Å². The monoisotopic (exact) mass is 388 g/mol. The zero-order valence-electron chi connectivity index (χ0n) is 17.6. The summed E-state index contributed by atoms with van der Waals surface area (Å²) < 4.78 is 34.0. The number of hydrogen-bond donors (Lipinski definition) is 0. The molecule has 0 unspecified atom stereocenters. The average Bonchev–Trinajstić information content (AvgIpc) is 2.85. The van der Waals surface area contributed by atoms with Crippen LogP contribution in [0.1, 0.15) is 18.1 Å². The van der Waals surface area contributed by atoms with Crippen LogP contribution in [-0.4, -0.2) is 42.7 Å². The summed E-state index contributed by atoms with van der Waals surface area (Å²) in [4.78, 5) is 0. The normalized spacial score (nSPS) is 13.1. The lowest BCUT2D eigenvalue weighted by Crippen LogP contribution is -2.03. The van der Waals surface area contributed by atoms with E-state index in [9.17, 15) is 0 Å². The Kier molecular flexibility index (Phi) is 5.77. The van der Waals surface area contributed by atoms with Gasteiger partial charge in [0, 0.05) is 11.1 Å². The maximum absolute atomic E-state index is 5.82. The summed E-state index contributed by atoms with van der Waals surface area (Å²) in [5.41, 5.74) is 4.12. The summed E-state index contributed by atoms with van der Waals surface area (Å²) in [6.45, 7) is 2.23. The molecule has 0 spiro atoms. The first kappa shape index (κ1) is 20.0. The van der Waals surface area contributed by atoms with E-state index < -0.39 is 0 Å². The molecular weight excluding hydrogens is 360 g/mol. The third-order valence-electron chi connectivity index (χ3n) is 5.21. The van der Waals surface area contributed by atoms with Gasteiger partial charge in [0.2, 0.25) is 11.5 Å². The van der Waals surface area contributed by atoms with E-state index in [2.05, 4.69) is 6.92 Å². The molecule has 0 aromatic heterocycles. The van der Waals surface area contributed by atoms with Gasteiger partial charge < -0.3 is 28.4 Å². The van der Waals surface area contributed by atoms with Crippen molar-refractivity contribution in [2.75, 3.05) is 42.7 Å². The SMILES string of the molecule is COc1cc2c(c(OC)c1OC)-c1c(cc(OC)c(OC)c1OC)CC(C)C2. The molecule has 6 heteroatoms. The predicted octanol–water partition coefficient (Wildman–Crippen LogP) is 4.14. The molecule has 28 heavy (non-hydrogen) atoms. The minimum Gasteiger partial charge on any atom is -0.493 e. The Morgan fingerprint density at radius 3 is 1.21 bits per heavy atom. The fourth-order valence-electron chi connectivity index (χ4n) is 4.11. The van der Waals surface area contributed by atoms with E-state index in [0.717, 1.165) is 35.1 Å². The zero-order chi connectivity index (χ0) is 20.4. The third-order valence-corrected chi connectivity index (χ3v) is 5.21. The summed E-state index contributed by atoms with van der Waals surface area (Å²) in [6, 6.07) is 4.05. The molecule has 152 valence electrons. The molecule has 0 saturated carbocycles. The molecule has 2 aromatic rings. The van der Waals surface area contributed by atoms with Crippen molar-refractivity contribution in [1.29, 1.82) is 0 Å². The largest absolute Gasteiger partial charge is 0.493 e. The summed E-state index contributed by atoms with van der Waals surface area (Å²) in [5.74, 6) is 4.06. The van der Waals surface area contributed by atoms with Crippen molar-refractivity contribution in [3.63, 3.8) is 0 Å². The first-order chi connectivity index (χ1) is 13.5. The lowest BCUT2D eigenvalue weighted by Gasteiger charge is -2.23. The minimum absolute atomic E-state index is 0.408. The van der Waals surface area contributed by atoms with E-state index in [1.54, 1.807) is 42.7 Å². The maximum Gasteiger partial charge on any atom is 0.203 e. The topological polar surface area (TPSA) is 55.4 Å². The van der Waals surface area contributed by atoms with Crippen molar-refractivity contribution in [1.82, 2.24) is 0 Å². The second kappa shape index (κ2) is 8.09. The van der Waals surface area contributed by atoms with Gasteiger partial charge in [0.15, 0.2) is 23.0 Å². The van der Waals surface area contributed by atoms with Crippen LogP contribution < -0.4 is 28.4 Å². The molecule has 0 heterocycles. The van der Waals surface area contributed by atoms with E-state index in [1.807, 2.05) is 12.1 Å². The number of fused-ring (bicyclic) bond motifs is 3. The van der Waals surface area contributed by atoms with Gasteiger partial charge in [-0.3, -0.25) is 0 Å². The molecular formula is C22H28O6. The van der Waals surface area contributed by atoms with Crippen molar-refractivity contribution in [3.8, 4) is 45.6 Å². The highest BCUT2D eigenvalue weighted by atomic mass is 16.5. The van der Waals surface area contributed by atoms with Gasteiger partial charge in [-0.15, -0.1) is 0 Å². The van der Waals surface area contributed by atoms with Crippen LogP contribution in [0.2, 0.25) is 0 Å². The molecule has 6 nitrogen and oxygen atoms in total. The van der Waals surface area contributed by atoms with Crippen molar-refractivity contribution >= 4 is 0 Å². The van der Waals surface area contributed by atoms with Crippen molar-refractivity contribution in [2.45, 2.75) is 19.8 Å². The minimum atomic E-state index is 0.408. The zero-order valence-corrected chi connectivity index (χ0v) is 17.6. The Labute approximate surface area is 166 Å². The molecule has 2 aromatic carbocycles. The summed E-state index contributed by atoms with van der Waals surface area (Å²) in [7, 11) is 9.76. The Morgan fingerprint density at radius 1 is 0.571 bits per heavy atom. The second-order valence-corrected chi connectivity index (χ2v) is 6.87. The number of rotatable bonds is 6. The maximum atomic E-state index is 5.82. The predicted molar refractivity (Wildman–Crippen MR) is 108 cm³/mol. The van der Waals surface area contributed by atoms with E-state index >= 15 is 0 Å². The van der Waals surface area contributed by atoms with Crippen LogP contribution in [0.5, 0.6) is 34.5 Å². The van der Waals surface area contributed by atoms with Gasteiger partial charge >= 0.3 is 0 Å². The van der Waals surface area contributed by atoms with E-state index in [0.29, 0.717) is 40.4 Å². The van der Waals surface area contributed by atoms with Crippen LogP contribution in [0.3, 0.4) is 0 Å². The van der Waals surface area contributed by atoms with Gasteiger partial charge in [-0.2, -0.15) is 0 Å². The molecule has 0 bridgehead atoms. The van der Waals surface area contributed by atoms with Crippen LogP contribution in [0.15, 0.2) is 12.1 Å². The van der Waals surface area contributed by atoms with Gasteiger partial charge in [-0.1, -0.05) is 6.92 Å². The van der Waals surface area contributed by atoms with E-state index in [-0.39, 0.29) is 0 Å². The fraction of sp³-hybridized carbons (Fsp3) is 0.455. The summed E-state index contributed by atoms with van der Waals surface area (Å²) in [5, 5.41) is 0. The third kappa shape index (κ3) is 3.07. The van der Waals surface area contributed by atoms with E-state index in [1.165, 1.54) is 0 Å². The number of methoxy groups -OCH3 is 6. The second-order valence-electron chi connectivity index (χ2n) is 6.87. The number of benzene rings is 2. The smallest absolute Gasteiger partial charge is 0.203 e. The molecule has 1 aliphatic carbocycles. The first-order valence-corrected chi connectivity index (χ1v) is 9.18. The average molecular weight is 388 g/mol. The van der Waals surface area contributed by atoms with Crippen molar-refractivity contribution in [2.24, 2.45) is 5.92 Å². The number of hydrogen-bond acceptors (Lipinski definition) is 6. The Bertz CT molecular complexity index is 803. The molecule has 3 rings (SSSR count). The highest BCUT2D eigenvalue weighted by Gasteiger charge is 2.32.